The minimum atomic E-state index is -0.575. The highest BCUT2D eigenvalue weighted by atomic mass is 19.1. The lowest BCUT2D eigenvalue weighted by atomic mass is 10.1. The van der Waals surface area contributed by atoms with Gasteiger partial charge >= 0.3 is 6.09 Å². The third-order valence-electron chi connectivity index (χ3n) is 5.36. The molecule has 0 spiro atoms. The predicted molar refractivity (Wildman–Crippen MR) is 121 cm³/mol. The van der Waals surface area contributed by atoms with Crippen LogP contribution in [0.1, 0.15) is 25.5 Å². The number of aromatic nitrogens is 1. The number of nitrogens with zero attached hydrogens (tertiary/aromatic N) is 3. The highest BCUT2D eigenvalue weighted by Crippen LogP contribution is 2.28. The number of benzene rings is 1. The molecule has 1 aromatic heterocycles. The van der Waals surface area contributed by atoms with E-state index in [1.165, 1.54) is 17.9 Å². The Morgan fingerprint density at radius 2 is 2.21 bits per heavy atom. The summed E-state index contributed by atoms with van der Waals surface area (Å²) in [5.41, 5.74) is 8.29. The van der Waals surface area contributed by atoms with Gasteiger partial charge in [0.2, 0.25) is 11.9 Å². The van der Waals surface area contributed by atoms with Gasteiger partial charge in [0.15, 0.2) is 0 Å². The molecule has 11 heteroatoms. The molecule has 2 aliphatic heterocycles. The summed E-state index contributed by atoms with van der Waals surface area (Å²) in [6, 6.07) is 8.12. The number of anilines is 1. The molecule has 10 nitrogen and oxygen atoms in total. The van der Waals surface area contributed by atoms with Crippen molar-refractivity contribution in [3.05, 3.63) is 47.9 Å². The smallest absolute Gasteiger partial charge is 0.414 e. The summed E-state index contributed by atoms with van der Waals surface area (Å²) in [6.07, 6.45) is 0.630. The van der Waals surface area contributed by atoms with Crippen LogP contribution < -0.4 is 26.4 Å². The van der Waals surface area contributed by atoms with Gasteiger partial charge in [0.25, 0.3) is 0 Å². The SMILES string of the molecule is CC(=O)NCC1CN(c2ccc(-c3ccc(C(C)NNC4=NCCN4)cn3)c(F)c2)C(=O)O1. The molecule has 4 N–H and O–H groups in total. The highest BCUT2D eigenvalue weighted by Gasteiger charge is 2.32. The van der Waals surface area contributed by atoms with Crippen molar-refractivity contribution in [2.24, 2.45) is 4.99 Å². The Labute approximate surface area is 190 Å². The van der Waals surface area contributed by atoms with Gasteiger partial charge in [-0.25, -0.2) is 14.6 Å². The Hall–Kier alpha value is -3.73. The Morgan fingerprint density at radius 1 is 1.36 bits per heavy atom. The fourth-order valence-corrected chi connectivity index (χ4v) is 3.54. The number of carbonyl (C=O) groups excluding carboxylic acids is 2. The number of cyclic esters (lactones) is 1. The summed E-state index contributed by atoms with van der Waals surface area (Å²) < 4.78 is 20.1. The quantitative estimate of drug-likeness (QED) is 0.467. The fourth-order valence-electron chi connectivity index (χ4n) is 3.54. The number of pyridine rings is 1. The molecule has 2 amide bonds. The lowest BCUT2D eigenvalue weighted by molar-refractivity contribution is -0.119. The number of carbonyl (C=O) groups is 2. The molecular formula is C22H26FN7O3. The highest BCUT2D eigenvalue weighted by molar-refractivity contribution is 5.90. The van der Waals surface area contributed by atoms with Crippen molar-refractivity contribution in [3.63, 3.8) is 0 Å². The van der Waals surface area contributed by atoms with Crippen molar-refractivity contribution in [1.82, 2.24) is 26.5 Å². The second-order valence-electron chi connectivity index (χ2n) is 7.84. The van der Waals surface area contributed by atoms with Gasteiger partial charge in [-0.1, -0.05) is 6.07 Å². The number of halogens is 1. The van der Waals surface area contributed by atoms with E-state index in [0.29, 0.717) is 22.9 Å². The molecule has 0 saturated carbocycles. The van der Waals surface area contributed by atoms with Crippen LogP contribution in [0.25, 0.3) is 11.3 Å². The summed E-state index contributed by atoms with van der Waals surface area (Å²) >= 11 is 0. The molecule has 33 heavy (non-hydrogen) atoms. The van der Waals surface area contributed by atoms with Crippen LogP contribution in [-0.2, 0) is 9.53 Å². The van der Waals surface area contributed by atoms with E-state index in [1.807, 2.05) is 13.0 Å². The van der Waals surface area contributed by atoms with E-state index < -0.39 is 18.0 Å². The Morgan fingerprint density at radius 3 is 2.88 bits per heavy atom. The summed E-state index contributed by atoms with van der Waals surface area (Å²) in [5, 5.41) is 5.72. The van der Waals surface area contributed by atoms with Gasteiger partial charge in [0, 0.05) is 31.3 Å². The van der Waals surface area contributed by atoms with Gasteiger partial charge in [-0.3, -0.25) is 25.1 Å². The van der Waals surface area contributed by atoms with Gasteiger partial charge in [0.05, 0.1) is 31.0 Å². The van der Waals surface area contributed by atoms with Gasteiger partial charge in [0.1, 0.15) is 11.9 Å². The number of aliphatic imine (C=N–C) groups is 1. The first-order valence-electron chi connectivity index (χ1n) is 10.7. The molecular weight excluding hydrogens is 429 g/mol. The van der Waals surface area contributed by atoms with E-state index in [4.69, 9.17) is 4.74 Å². The number of nitrogens with one attached hydrogen (secondary N) is 4. The fraction of sp³-hybridized carbons (Fsp3) is 0.364. The summed E-state index contributed by atoms with van der Waals surface area (Å²) in [7, 11) is 0. The van der Waals surface area contributed by atoms with E-state index in [-0.39, 0.29) is 25.0 Å². The van der Waals surface area contributed by atoms with Gasteiger partial charge in [-0.05, 0) is 36.8 Å². The number of ether oxygens (including phenoxy) is 1. The maximum atomic E-state index is 14.9. The zero-order valence-corrected chi connectivity index (χ0v) is 18.4. The molecule has 2 atom stereocenters. The maximum absolute atomic E-state index is 14.9. The van der Waals surface area contributed by atoms with E-state index in [0.717, 1.165) is 18.7 Å². The number of rotatable bonds is 7. The first-order valence-corrected chi connectivity index (χ1v) is 10.7. The third kappa shape index (κ3) is 5.37. The Bertz CT molecular complexity index is 1060. The molecule has 1 fully saturated rings. The van der Waals surface area contributed by atoms with Crippen molar-refractivity contribution >= 4 is 23.6 Å². The summed E-state index contributed by atoms with van der Waals surface area (Å²) in [5.74, 6) is 0.000932. The molecule has 2 aromatic rings. The minimum Gasteiger partial charge on any atom is -0.442 e. The van der Waals surface area contributed by atoms with E-state index in [2.05, 4.69) is 31.5 Å². The van der Waals surface area contributed by atoms with E-state index >= 15 is 0 Å². The largest absolute Gasteiger partial charge is 0.442 e. The molecule has 2 aliphatic rings. The van der Waals surface area contributed by atoms with E-state index in [9.17, 15) is 14.0 Å². The van der Waals surface area contributed by atoms with Crippen LogP contribution in [0.15, 0.2) is 41.5 Å². The average molecular weight is 455 g/mol. The van der Waals surface area contributed by atoms with Crippen LogP contribution in [0.2, 0.25) is 0 Å². The number of hydrazine groups is 1. The number of hydrogen-bond donors (Lipinski definition) is 4. The van der Waals surface area contributed by atoms with Crippen LogP contribution in [0, 0.1) is 5.82 Å². The van der Waals surface area contributed by atoms with Crippen molar-refractivity contribution < 1.29 is 18.7 Å². The molecule has 3 heterocycles. The number of guanidine groups is 1. The predicted octanol–water partition coefficient (Wildman–Crippen LogP) is 1.46. The number of amides is 2. The second kappa shape index (κ2) is 9.82. The Kier molecular flexibility index (Phi) is 6.68. The zero-order chi connectivity index (χ0) is 23.4. The van der Waals surface area contributed by atoms with Crippen molar-refractivity contribution in [3.8, 4) is 11.3 Å². The topological polar surface area (TPSA) is 120 Å². The minimum absolute atomic E-state index is 0.0458. The monoisotopic (exact) mass is 455 g/mol. The molecule has 1 saturated heterocycles. The lowest BCUT2D eigenvalue weighted by Crippen LogP contribution is -2.44. The molecule has 0 bridgehead atoms. The summed E-state index contributed by atoms with van der Waals surface area (Å²) in [6.45, 7) is 5.36. The second-order valence-corrected chi connectivity index (χ2v) is 7.84. The molecule has 4 rings (SSSR count). The maximum Gasteiger partial charge on any atom is 0.414 e. The lowest BCUT2D eigenvalue weighted by Gasteiger charge is -2.16. The van der Waals surface area contributed by atoms with E-state index in [1.54, 1.807) is 24.4 Å². The first-order chi connectivity index (χ1) is 15.9. The number of hydrogen-bond acceptors (Lipinski definition) is 8. The van der Waals surface area contributed by atoms with Crippen molar-refractivity contribution in [2.45, 2.75) is 26.0 Å². The average Bonchev–Trinajstić information content (AvgIpc) is 3.45. The van der Waals surface area contributed by atoms with Crippen molar-refractivity contribution in [2.75, 3.05) is 31.1 Å². The van der Waals surface area contributed by atoms with Crippen LogP contribution >= 0.6 is 0 Å². The molecule has 1 aromatic carbocycles. The molecule has 0 radical (unpaired) electrons. The van der Waals surface area contributed by atoms with Crippen molar-refractivity contribution in [1.29, 1.82) is 0 Å². The van der Waals surface area contributed by atoms with Crippen LogP contribution in [0.4, 0.5) is 14.9 Å². The summed E-state index contributed by atoms with van der Waals surface area (Å²) in [4.78, 5) is 33.2. The van der Waals surface area contributed by atoms with Crippen LogP contribution in [-0.4, -0.2) is 55.2 Å². The molecule has 0 aliphatic carbocycles. The van der Waals surface area contributed by atoms with Crippen LogP contribution in [0.3, 0.4) is 0 Å². The Balaban J connectivity index is 1.40. The molecule has 2 unspecified atom stereocenters. The molecule has 174 valence electrons. The van der Waals surface area contributed by atoms with Gasteiger partial charge < -0.3 is 15.4 Å². The normalized spacial score (nSPS) is 18.4. The zero-order valence-electron chi connectivity index (χ0n) is 18.4. The third-order valence-corrected chi connectivity index (χ3v) is 5.36. The van der Waals surface area contributed by atoms with Crippen LogP contribution in [0.5, 0.6) is 0 Å². The van der Waals surface area contributed by atoms with Gasteiger partial charge in [-0.15, -0.1) is 0 Å². The standard InChI is InChI=1S/C22H26FN7O3/c1-13(28-29-21-24-7-8-25-21)15-3-6-20(27-10-15)18-5-4-16(9-19(18)23)30-12-17(33-22(30)32)11-26-14(2)31/h3-6,9-10,13,17,28H,7-8,11-12H2,1-2H3,(H,26,31)(H2,24,25,29). The van der Waals surface area contributed by atoms with Gasteiger partial charge in [-0.2, -0.15) is 0 Å². The first kappa shape index (κ1) is 22.5.